The second-order valence-electron chi connectivity index (χ2n) is 5.54. The fraction of sp³-hybridized carbons (Fsp3) is 0.235. The number of hydrogen-bond acceptors (Lipinski definition) is 4. The predicted molar refractivity (Wildman–Crippen MR) is 87.6 cm³/mol. The van der Waals surface area contributed by atoms with Gasteiger partial charge in [-0.15, -0.1) is 0 Å². The van der Waals surface area contributed by atoms with E-state index in [-0.39, 0.29) is 11.5 Å². The van der Waals surface area contributed by atoms with E-state index in [1.54, 1.807) is 4.90 Å². The molecular formula is C17H16FN3O3. The fourth-order valence-corrected chi connectivity index (χ4v) is 2.77. The molecule has 1 aliphatic heterocycles. The van der Waals surface area contributed by atoms with Crippen molar-refractivity contribution in [3.8, 4) is 0 Å². The first-order valence-corrected chi connectivity index (χ1v) is 7.59. The van der Waals surface area contributed by atoms with E-state index in [9.17, 15) is 19.3 Å². The Morgan fingerprint density at radius 3 is 2.33 bits per heavy atom. The number of amides is 1. The Morgan fingerprint density at radius 2 is 1.71 bits per heavy atom. The molecule has 6 nitrogen and oxygen atoms in total. The fourth-order valence-electron chi connectivity index (χ4n) is 2.77. The van der Waals surface area contributed by atoms with E-state index in [0.29, 0.717) is 26.2 Å². The van der Waals surface area contributed by atoms with Gasteiger partial charge in [-0.1, -0.05) is 18.2 Å². The van der Waals surface area contributed by atoms with Crippen LogP contribution in [-0.2, 0) is 0 Å². The Morgan fingerprint density at radius 1 is 1.04 bits per heavy atom. The van der Waals surface area contributed by atoms with Crippen molar-refractivity contribution in [2.24, 2.45) is 0 Å². The van der Waals surface area contributed by atoms with Crippen LogP contribution in [0.25, 0.3) is 0 Å². The van der Waals surface area contributed by atoms with Crippen molar-refractivity contribution in [1.82, 2.24) is 4.90 Å². The maximum Gasteiger partial charge on any atom is 0.305 e. The van der Waals surface area contributed by atoms with Gasteiger partial charge in [0.1, 0.15) is 0 Å². The number of para-hydroxylation sites is 1. The third-order valence-electron chi connectivity index (χ3n) is 4.08. The smallest absolute Gasteiger partial charge is 0.305 e. The van der Waals surface area contributed by atoms with Crippen molar-refractivity contribution in [2.75, 3.05) is 31.1 Å². The lowest BCUT2D eigenvalue weighted by atomic mass is 10.1. The number of rotatable bonds is 3. The Balaban J connectivity index is 1.69. The van der Waals surface area contributed by atoms with Crippen molar-refractivity contribution in [1.29, 1.82) is 0 Å². The molecule has 1 heterocycles. The highest BCUT2D eigenvalue weighted by Gasteiger charge is 2.24. The maximum atomic E-state index is 13.4. The van der Waals surface area contributed by atoms with Crippen LogP contribution in [-0.4, -0.2) is 41.9 Å². The van der Waals surface area contributed by atoms with Gasteiger partial charge in [-0.05, 0) is 24.3 Å². The van der Waals surface area contributed by atoms with Crippen LogP contribution in [0.1, 0.15) is 10.4 Å². The van der Waals surface area contributed by atoms with Gasteiger partial charge in [0.25, 0.3) is 5.91 Å². The molecule has 2 aromatic carbocycles. The van der Waals surface area contributed by atoms with Gasteiger partial charge in [-0.3, -0.25) is 14.9 Å². The van der Waals surface area contributed by atoms with E-state index in [0.717, 1.165) is 17.8 Å². The molecule has 1 aliphatic rings. The number of nitrogens with zero attached hydrogens (tertiary/aromatic N) is 3. The third-order valence-corrected chi connectivity index (χ3v) is 4.08. The molecule has 1 saturated heterocycles. The minimum absolute atomic E-state index is 0.135. The van der Waals surface area contributed by atoms with Gasteiger partial charge in [0.2, 0.25) is 5.82 Å². The van der Waals surface area contributed by atoms with Crippen LogP contribution in [0.2, 0.25) is 0 Å². The predicted octanol–water partition coefficient (Wildman–Crippen LogP) is 2.70. The molecule has 7 heteroatoms. The zero-order valence-corrected chi connectivity index (χ0v) is 12.9. The van der Waals surface area contributed by atoms with Gasteiger partial charge in [0.15, 0.2) is 0 Å². The summed E-state index contributed by atoms with van der Waals surface area (Å²) in [4.78, 5) is 26.3. The van der Waals surface area contributed by atoms with Crippen LogP contribution in [0, 0.1) is 15.9 Å². The summed E-state index contributed by atoms with van der Waals surface area (Å²) in [6.07, 6.45) is 0. The summed E-state index contributed by atoms with van der Waals surface area (Å²) in [5.74, 6) is -1.25. The lowest BCUT2D eigenvalue weighted by Crippen LogP contribution is -2.48. The SMILES string of the molecule is O=C(c1ccc(F)c([N+](=O)[O-])c1)N1CCN(c2ccccc2)CC1. The molecule has 0 bridgehead atoms. The third kappa shape index (κ3) is 3.19. The summed E-state index contributed by atoms with van der Waals surface area (Å²) < 4.78 is 13.4. The van der Waals surface area contributed by atoms with Crippen molar-refractivity contribution < 1.29 is 14.1 Å². The highest BCUT2D eigenvalue weighted by molar-refractivity contribution is 5.95. The van der Waals surface area contributed by atoms with Crippen molar-refractivity contribution >= 4 is 17.3 Å². The monoisotopic (exact) mass is 329 g/mol. The molecular weight excluding hydrogens is 313 g/mol. The first-order chi connectivity index (χ1) is 11.6. The van der Waals surface area contributed by atoms with E-state index in [1.165, 1.54) is 6.07 Å². The molecule has 0 aliphatic carbocycles. The van der Waals surface area contributed by atoms with Crippen LogP contribution in [0.15, 0.2) is 48.5 Å². The Bertz CT molecular complexity index is 759. The number of nitro groups is 1. The van der Waals surface area contributed by atoms with Gasteiger partial charge in [-0.25, -0.2) is 0 Å². The van der Waals surface area contributed by atoms with Crippen LogP contribution < -0.4 is 4.90 Å². The van der Waals surface area contributed by atoms with Gasteiger partial charge in [0.05, 0.1) is 4.92 Å². The average molecular weight is 329 g/mol. The van der Waals surface area contributed by atoms with E-state index in [2.05, 4.69) is 4.90 Å². The van der Waals surface area contributed by atoms with Crippen LogP contribution in [0.5, 0.6) is 0 Å². The summed E-state index contributed by atoms with van der Waals surface area (Å²) in [6, 6.07) is 13.2. The number of anilines is 1. The molecule has 2 aromatic rings. The lowest BCUT2D eigenvalue weighted by molar-refractivity contribution is -0.387. The minimum Gasteiger partial charge on any atom is -0.368 e. The number of nitro benzene ring substituents is 1. The summed E-state index contributed by atoms with van der Waals surface area (Å²) in [5, 5.41) is 10.8. The minimum atomic E-state index is -0.939. The number of hydrogen-bond donors (Lipinski definition) is 0. The molecule has 0 aromatic heterocycles. The first-order valence-electron chi connectivity index (χ1n) is 7.59. The largest absolute Gasteiger partial charge is 0.368 e. The molecule has 1 fully saturated rings. The number of carbonyl (C=O) groups is 1. The van der Waals surface area contributed by atoms with E-state index >= 15 is 0 Å². The molecule has 24 heavy (non-hydrogen) atoms. The van der Waals surface area contributed by atoms with Crippen molar-refractivity contribution in [2.45, 2.75) is 0 Å². The molecule has 0 N–H and O–H groups in total. The topological polar surface area (TPSA) is 66.7 Å². The maximum absolute atomic E-state index is 13.4. The summed E-state index contributed by atoms with van der Waals surface area (Å²) in [5.41, 5.74) is 0.557. The van der Waals surface area contributed by atoms with E-state index in [1.807, 2.05) is 30.3 Å². The number of carbonyl (C=O) groups excluding carboxylic acids is 1. The summed E-state index contributed by atoms with van der Waals surface area (Å²) in [7, 11) is 0. The molecule has 0 atom stereocenters. The van der Waals surface area contributed by atoms with Crippen LogP contribution >= 0.6 is 0 Å². The quantitative estimate of drug-likeness (QED) is 0.641. The Labute approximate surface area is 138 Å². The van der Waals surface area contributed by atoms with Gasteiger partial charge >= 0.3 is 5.69 Å². The molecule has 0 unspecified atom stereocenters. The highest BCUT2D eigenvalue weighted by atomic mass is 19.1. The second kappa shape index (κ2) is 6.66. The number of benzene rings is 2. The lowest BCUT2D eigenvalue weighted by Gasteiger charge is -2.36. The molecule has 1 amide bonds. The average Bonchev–Trinajstić information content (AvgIpc) is 2.62. The van der Waals surface area contributed by atoms with E-state index < -0.39 is 16.4 Å². The van der Waals surface area contributed by atoms with Gasteiger partial charge < -0.3 is 9.80 Å². The highest BCUT2D eigenvalue weighted by Crippen LogP contribution is 2.21. The normalized spacial score (nSPS) is 14.5. The van der Waals surface area contributed by atoms with E-state index in [4.69, 9.17) is 0 Å². The molecule has 3 rings (SSSR count). The molecule has 124 valence electrons. The molecule has 0 spiro atoms. The summed E-state index contributed by atoms with van der Waals surface area (Å²) in [6.45, 7) is 2.38. The van der Waals surface area contributed by atoms with Crippen LogP contribution in [0.3, 0.4) is 0 Å². The molecule has 0 radical (unpaired) electrons. The Kier molecular flexibility index (Phi) is 4.41. The zero-order chi connectivity index (χ0) is 17.1. The standard InChI is InChI=1S/C17H16FN3O3/c18-15-7-6-13(12-16(15)21(23)24)17(22)20-10-8-19(9-11-20)14-4-2-1-3-5-14/h1-7,12H,8-11H2. The molecule has 0 saturated carbocycles. The van der Waals surface area contributed by atoms with Crippen molar-refractivity contribution in [3.63, 3.8) is 0 Å². The first kappa shape index (κ1) is 15.9. The second-order valence-corrected chi connectivity index (χ2v) is 5.54. The zero-order valence-electron chi connectivity index (χ0n) is 12.9. The van der Waals surface area contributed by atoms with Gasteiger partial charge in [0, 0.05) is 43.5 Å². The number of halogens is 1. The summed E-state index contributed by atoms with van der Waals surface area (Å²) >= 11 is 0. The Hall–Kier alpha value is -2.96. The van der Waals surface area contributed by atoms with Crippen molar-refractivity contribution in [3.05, 3.63) is 70.0 Å². The number of piperazine rings is 1. The van der Waals surface area contributed by atoms with Gasteiger partial charge in [-0.2, -0.15) is 4.39 Å². The van der Waals surface area contributed by atoms with Crippen LogP contribution in [0.4, 0.5) is 15.8 Å².